The summed E-state index contributed by atoms with van der Waals surface area (Å²) in [5.41, 5.74) is 2.62. The second kappa shape index (κ2) is 8.75. The predicted molar refractivity (Wildman–Crippen MR) is 126 cm³/mol. The molecule has 7 heteroatoms. The number of rotatable bonds is 8. The molecule has 1 aromatic heterocycles. The molecule has 1 aliphatic rings. The van der Waals surface area contributed by atoms with Crippen molar-refractivity contribution in [1.29, 1.82) is 0 Å². The number of aromatic nitrogens is 2. The van der Waals surface area contributed by atoms with Gasteiger partial charge in [0.15, 0.2) is 9.84 Å². The minimum absolute atomic E-state index is 0.00251. The minimum atomic E-state index is -3.22. The van der Waals surface area contributed by atoms with Crippen LogP contribution in [-0.2, 0) is 32.2 Å². The van der Waals surface area contributed by atoms with Crippen LogP contribution in [0.4, 0.5) is 0 Å². The minimum Gasteiger partial charge on any atom is -0.298 e. The lowest BCUT2D eigenvalue weighted by atomic mass is 9.81. The molecular formula is C25H25ClN2O3S. The Bertz CT molecular complexity index is 1250. The zero-order valence-electron chi connectivity index (χ0n) is 18.1. The van der Waals surface area contributed by atoms with Crippen molar-refractivity contribution in [1.82, 2.24) is 9.97 Å². The van der Waals surface area contributed by atoms with E-state index >= 15 is 0 Å². The van der Waals surface area contributed by atoms with E-state index in [4.69, 9.17) is 11.6 Å². The molecule has 0 N–H and O–H groups in total. The SMILES string of the molecule is CC(C)(C(=O)Cc1ccc(-c2cccc(Cl)c2)cc1)c1ccnc(CS(=O)(=O)C2CC2)n1. The van der Waals surface area contributed by atoms with Crippen LogP contribution in [-0.4, -0.2) is 29.4 Å². The first kappa shape index (κ1) is 22.6. The Hall–Kier alpha value is -2.57. The third kappa shape index (κ3) is 5.08. The third-order valence-electron chi connectivity index (χ3n) is 5.88. The summed E-state index contributed by atoms with van der Waals surface area (Å²) in [6.07, 6.45) is 3.21. The fourth-order valence-corrected chi connectivity index (χ4v) is 5.35. The molecule has 0 amide bonds. The fourth-order valence-electron chi connectivity index (χ4n) is 3.57. The number of nitrogens with zero attached hydrogens (tertiary/aromatic N) is 2. The van der Waals surface area contributed by atoms with Gasteiger partial charge < -0.3 is 0 Å². The molecule has 0 spiro atoms. The molecule has 1 heterocycles. The number of Topliss-reactive ketones (excluding diaryl/α,β-unsaturated/α-hetero) is 1. The highest BCUT2D eigenvalue weighted by Crippen LogP contribution is 2.31. The Morgan fingerprint density at radius 1 is 1.06 bits per heavy atom. The molecule has 32 heavy (non-hydrogen) atoms. The van der Waals surface area contributed by atoms with Crippen molar-refractivity contribution in [2.75, 3.05) is 0 Å². The number of hydrogen-bond acceptors (Lipinski definition) is 5. The Kier molecular flexibility index (Phi) is 6.19. The van der Waals surface area contributed by atoms with Gasteiger partial charge in [-0.15, -0.1) is 0 Å². The maximum absolute atomic E-state index is 13.2. The van der Waals surface area contributed by atoms with Crippen LogP contribution in [0.2, 0.25) is 5.02 Å². The van der Waals surface area contributed by atoms with E-state index in [9.17, 15) is 13.2 Å². The summed E-state index contributed by atoms with van der Waals surface area (Å²) >= 11 is 6.08. The van der Waals surface area contributed by atoms with E-state index in [2.05, 4.69) is 9.97 Å². The molecule has 3 aromatic rings. The van der Waals surface area contributed by atoms with Gasteiger partial charge in [-0.25, -0.2) is 18.4 Å². The van der Waals surface area contributed by atoms with Crippen molar-refractivity contribution in [3.05, 3.63) is 82.9 Å². The molecule has 1 saturated carbocycles. The normalized spacial score (nSPS) is 14.3. The van der Waals surface area contributed by atoms with Gasteiger partial charge in [-0.2, -0.15) is 0 Å². The second-order valence-corrected chi connectivity index (χ2v) is 11.5. The van der Waals surface area contributed by atoms with E-state index in [1.807, 2.05) is 62.4 Å². The first-order valence-corrected chi connectivity index (χ1v) is 12.7. The van der Waals surface area contributed by atoms with E-state index in [0.29, 0.717) is 23.6 Å². The first-order chi connectivity index (χ1) is 15.1. The van der Waals surface area contributed by atoms with Gasteiger partial charge in [0.1, 0.15) is 17.4 Å². The van der Waals surface area contributed by atoms with Crippen molar-refractivity contribution >= 4 is 27.2 Å². The van der Waals surface area contributed by atoms with Gasteiger partial charge >= 0.3 is 0 Å². The van der Waals surface area contributed by atoms with Gasteiger partial charge in [-0.05, 0) is 61.6 Å². The molecule has 2 aromatic carbocycles. The number of hydrogen-bond donors (Lipinski definition) is 0. The van der Waals surface area contributed by atoms with Crippen LogP contribution in [0.1, 0.15) is 43.8 Å². The molecule has 0 unspecified atom stereocenters. The van der Waals surface area contributed by atoms with Crippen molar-refractivity contribution in [3.8, 4) is 11.1 Å². The van der Waals surface area contributed by atoms with Crippen LogP contribution in [0.15, 0.2) is 60.8 Å². The summed E-state index contributed by atoms with van der Waals surface area (Å²) in [5.74, 6) is 0.0738. The lowest BCUT2D eigenvalue weighted by molar-refractivity contribution is -0.122. The van der Waals surface area contributed by atoms with Crippen LogP contribution in [0.5, 0.6) is 0 Å². The number of halogens is 1. The Balaban J connectivity index is 1.48. The average Bonchev–Trinajstić information content (AvgIpc) is 3.60. The smallest absolute Gasteiger partial charge is 0.160 e. The summed E-state index contributed by atoms with van der Waals surface area (Å²) in [4.78, 5) is 21.7. The van der Waals surface area contributed by atoms with E-state index in [0.717, 1.165) is 16.7 Å². The molecule has 4 rings (SSSR count). The molecule has 0 bridgehead atoms. The van der Waals surface area contributed by atoms with E-state index in [1.165, 1.54) is 6.20 Å². The van der Waals surface area contributed by atoms with E-state index in [-0.39, 0.29) is 29.0 Å². The first-order valence-electron chi connectivity index (χ1n) is 10.6. The zero-order chi connectivity index (χ0) is 22.9. The van der Waals surface area contributed by atoms with Crippen LogP contribution >= 0.6 is 11.6 Å². The molecule has 5 nitrogen and oxygen atoms in total. The largest absolute Gasteiger partial charge is 0.298 e. The molecule has 0 radical (unpaired) electrons. The zero-order valence-corrected chi connectivity index (χ0v) is 19.7. The third-order valence-corrected chi connectivity index (χ3v) is 8.26. The molecule has 1 fully saturated rings. The molecular weight excluding hydrogens is 444 g/mol. The van der Waals surface area contributed by atoms with Gasteiger partial charge in [0.25, 0.3) is 0 Å². The summed E-state index contributed by atoms with van der Waals surface area (Å²) < 4.78 is 24.6. The predicted octanol–water partition coefficient (Wildman–Crippen LogP) is 4.96. The second-order valence-electron chi connectivity index (χ2n) is 8.80. The fraction of sp³-hybridized carbons (Fsp3) is 0.320. The van der Waals surface area contributed by atoms with E-state index < -0.39 is 15.3 Å². The molecule has 0 atom stereocenters. The summed E-state index contributed by atoms with van der Waals surface area (Å²) in [6, 6.07) is 17.2. The number of benzene rings is 2. The summed E-state index contributed by atoms with van der Waals surface area (Å²) in [6.45, 7) is 3.63. The molecule has 0 saturated heterocycles. The number of carbonyl (C=O) groups excluding carboxylic acids is 1. The summed E-state index contributed by atoms with van der Waals surface area (Å²) in [7, 11) is -3.22. The number of sulfone groups is 1. The average molecular weight is 469 g/mol. The maximum Gasteiger partial charge on any atom is 0.160 e. The number of carbonyl (C=O) groups is 1. The van der Waals surface area contributed by atoms with Gasteiger partial charge in [-0.1, -0.05) is 48.0 Å². The monoisotopic (exact) mass is 468 g/mol. The van der Waals surface area contributed by atoms with Gasteiger partial charge in [0, 0.05) is 17.6 Å². The van der Waals surface area contributed by atoms with Crippen LogP contribution in [0.3, 0.4) is 0 Å². The molecule has 0 aliphatic heterocycles. The Morgan fingerprint density at radius 3 is 2.44 bits per heavy atom. The van der Waals surface area contributed by atoms with Gasteiger partial charge in [0.05, 0.1) is 16.4 Å². The highest BCUT2D eigenvalue weighted by molar-refractivity contribution is 7.91. The lowest BCUT2D eigenvalue weighted by Gasteiger charge is -2.23. The van der Waals surface area contributed by atoms with Crippen molar-refractivity contribution in [2.24, 2.45) is 0 Å². The topological polar surface area (TPSA) is 77.0 Å². The van der Waals surface area contributed by atoms with Crippen molar-refractivity contribution in [2.45, 2.75) is 49.5 Å². The summed E-state index contributed by atoms with van der Waals surface area (Å²) in [5, 5.41) is 0.414. The lowest BCUT2D eigenvalue weighted by Crippen LogP contribution is -2.32. The highest BCUT2D eigenvalue weighted by atomic mass is 35.5. The van der Waals surface area contributed by atoms with Crippen molar-refractivity contribution < 1.29 is 13.2 Å². The quantitative estimate of drug-likeness (QED) is 0.466. The molecule has 166 valence electrons. The molecule has 1 aliphatic carbocycles. The van der Waals surface area contributed by atoms with Crippen LogP contribution in [0, 0.1) is 0 Å². The Morgan fingerprint density at radius 2 is 1.78 bits per heavy atom. The number of ketones is 1. The van der Waals surface area contributed by atoms with Crippen LogP contribution in [0.25, 0.3) is 11.1 Å². The van der Waals surface area contributed by atoms with E-state index in [1.54, 1.807) is 6.07 Å². The van der Waals surface area contributed by atoms with Gasteiger partial charge in [-0.3, -0.25) is 4.79 Å². The van der Waals surface area contributed by atoms with Crippen LogP contribution < -0.4 is 0 Å². The van der Waals surface area contributed by atoms with Gasteiger partial charge in [0.2, 0.25) is 0 Å². The maximum atomic E-state index is 13.2. The van der Waals surface area contributed by atoms with Crippen molar-refractivity contribution in [3.63, 3.8) is 0 Å². The Labute approximate surface area is 193 Å². The standard InChI is InChI=1S/C25H25ClN2O3S/c1-25(2,22-12-13-27-24(28-22)16-32(30,31)21-10-11-21)23(29)14-17-6-8-18(9-7-17)19-4-3-5-20(26)15-19/h3-9,12-13,15,21H,10-11,14,16H2,1-2H3. The highest BCUT2D eigenvalue weighted by Gasteiger charge is 2.37.